The number of nitriles is 1. The molecule has 2 heteroatoms. The van der Waals surface area contributed by atoms with E-state index < -0.39 is 0 Å². The van der Waals surface area contributed by atoms with Crippen molar-refractivity contribution in [1.29, 1.82) is 5.26 Å². The minimum absolute atomic E-state index is 0.159. The second-order valence-corrected chi connectivity index (χ2v) is 3.97. The van der Waals surface area contributed by atoms with Crippen molar-refractivity contribution in [2.45, 2.75) is 33.1 Å². The van der Waals surface area contributed by atoms with Gasteiger partial charge in [-0.1, -0.05) is 25.5 Å². The molecule has 0 bridgehead atoms. The van der Waals surface area contributed by atoms with Crippen LogP contribution in [0.3, 0.4) is 0 Å². The molecule has 1 aliphatic rings. The third-order valence-electron chi connectivity index (χ3n) is 2.52. The van der Waals surface area contributed by atoms with Gasteiger partial charge in [0.05, 0.1) is 0 Å². The first-order valence-electron chi connectivity index (χ1n) is 4.48. The molecule has 0 atom stereocenters. The zero-order valence-electron chi connectivity index (χ0n) is 7.85. The Labute approximate surface area is 74.3 Å². The summed E-state index contributed by atoms with van der Waals surface area (Å²) >= 11 is 0. The molecule has 66 valence electrons. The first kappa shape index (κ1) is 9.12. The van der Waals surface area contributed by atoms with Crippen LogP contribution in [0.4, 0.5) is 0 Å². The summed E-state index contributed by atoms with van der Waals surface area (Å²) < 4.78 is 0. The SMILES string of the molecule is CC(C)(CNC#N)C1=CCCC1. The second kappa shape index (κ2) is 3.62. The maximum absolute atomic E-state index is 8.39. The van der Waals surface area contributed by atoms with Crippen molar-refractivity contribution in [2.75, 3.05) is 6.54 Å². The lowest BCUT2D eigenvalue weighted by molar-refractivity contribution is 0.425. The standard InChI is InChI=1S/C10H16N2/c1-10(2,7-12-8-11)9-5-3-4-6-9/h5,12H,3-4,6-7H2,1-2H3. The van der Waals surface area contributed by atoms with Gasteiger partial charge in [-0.2, -0.15) is 5.26 Å². The van der Waals surface area contributed by atoms with Gasteiger partial charge in [0.2, 0.25) is 0 Å². The number of rotatable bonds is 3. The molecule has 1 N–H and O–H groups in total. The molecule has 12 heavy (non-hydrogen) atoms. The van der Waals surface area contributed by atoms with Crippen molar-refractivity contribution in [1.82, 2.24) is 5.32 Å². The Morgan fingerprint density at radius 3 is 2.92 bits per heavy atom. The van der Waals surface area contributed by atoms with Crippen LogP contribution in [-0.2, 0) is 0 Å². The lowest BCUT2D eigenvalue weighted by Gasteiger charge is -2.25. The van der Waals surface area contributed by atoms with Crippen molar-refractivity contribution in [3.63, 3.8) is 0 Å². The molecular formula is C10H16N2. The quantitative estimate of drug-likeness (QED) is 0.394. The van der Waals surface area contributed by atoms with E-state index in [2.05, 4.69) is 25.2 Å². The van der Waals surface area contributed by atoms with Crippen LogP contribution in [0.2, 0.25) is 0 Å². The third-order valence-corrected chi connectivity index (χ3v) is 2.52. The minimum Gasteiger partial charge on any atom is -0.323 e. The average molecular weight is 164 g/mol. The van der Waals surface area contributed by atoms with E-state index in [-0.39, 0.29) is 5.41 Å². The van der Waals surface area contributed by atoms with Crippen LogP contribution in [0.25, 0.3) is 0 Å². The smallest absolute Gasteiger partial charge is 0.176 e. The fourth-order valence-corrected chi connectivity index (χ4v) is 1.66. The van der Waals surface area contributed by atoms with E-state index in [0.29, 0.717) is 0 Å². The Bertz CT molecular complexity index is 220. The topological polar surface area (TPSA) is 35.8 Å². The molecule has 2 nitrogen and oxygen atoms in total. The van der Waals surface area contributed by atoms with Crippen LogP contribution < -0.4 is 5.32 Å². The summed E-state index contributed by atoms with van der Waals surface area (Å²) in [6, 6.07) is 0. The Morgan fingerprint density at radius 1 is 1.67 bits per heavy atom. The summed E-state index contributed by atoms with van der Waals surface area (Å²) in [4.78, 5) is 0. The van der Waals surface area contributed by atoms with Crippen LogP contribution in [0.1, 0.15) is 33.1 Å². The molecule has 0 saturated heterocycles. The first-order valence-corrected chi connectivity index (χ1v) is 4.48. The molecule has 0 amide bonds. The first-order chi connectivity index (χ1) is 5.67. The predicted molar refractivity (Wildman–Crippen MR) is 49.3 cm³/mol. The monoisotopic (exact) mass is 164 g/mol. The van der Waals surface area contributed by atoms with Crippen LogP contribution >= 0.6 is 0 Å². The van der Waals surface area contributed by atoms with Crippen LogP contribution in [0.5, 0.6) is 0 Å². The zero-order chi connectivity index (χ0) is 9.03. The number of hydrogen-bond acceptors (Lipinski definition) is 2. The van der Waals surface area contributed by atoms with Crippen LogP contribution in [0.15, 0.2) is 11.6 Å². The van der Waals surface area contributed by atoms with Crippen molar-refractivity contribution in [3.05, 3.63) is 11.6 Å². The molecular weight excluding hydrogens is 148 g/mol. The summed E-state index contributed by atoms with van der Waals surface area (Å²) in [5.74, 6) is 0. The van der Waals surface area contributed by atoms with Crippen molar-refractivity contribution in [3.8, 4) is 6.19 Å². The molecule has 0 aliphatic heterocycles. The van der Waals surface area contributed by atoms with Crippen LogP contribution in [0, 0.1) is 16.9 Å². The van der Waals surface area contributed by atoms with E-state index in [1.807, 2.05) is 6.19 Å². The maximum Gasteiger partial charge on any atom is 0.176 e. The molecule has 0 saturated carbocycles. The number of nitrogens with zero attached hydrogens (tertiary/aromatic N) is 1. The normalized spacial score (nSPS) is 16.9. The Kier molecular flexibility index (Phi) is 2.75. The van der Waals surface area contributed by atoms with E-state index in [1.54, 1.807) is 0 Å². The van der Waals surface area contributed by atoms with E-state index in [4.69, 9.17) is 5.26 Å². The Morgan fingerprint density at radius 2 is 2.42 bits per heavy atom. The van der Waals surface area contributed by atoms with Crippen LogP contribution in [-0.4, -0.2) is 6.54 Å². The number of nitrogens with one attached hydrogen (secondary N) is 1. The molecule has 1 rings (SSSR count). The van der Waals surface area contributed by atoms with E-state index in [9.17, 15) is 0 Å². The van der Waals surface area contributed by atoms with Crippen molar-refractivity contribution < 1.29 is 0 Å². The van der Waals surface area contributed by atoms with Gasteiger partial charge in [-0.25, -0.2) is 0 Å². The van der Waals surface area contributed by atoms with E-state index in [0.717, 1.165) is 6.54 Å². The highest BCUT2D eigenvalue weighted by molar-refractivity contribution is 5.17. The van der Waals surface area contributed by atoms with Gasteiger partial charge in [-0.15, -0.1) is 0 Å². The Balaban J connectivity index is 2.52. The third kappa shape index (κ3) is 2.01. The summed E-state index contributed by atoms with van der Waals surface area (Å²) in [7, 11) is 0. The number of allylic oxidation sites excluding steroid dienone is 1. The average Bonchev–Trinajstić information content (AvgIpc) is 2.53. The van der Waals surface area contributed by atoms with E-state index in [1.165, 1.54) is 24.8 Å². The second-order valence-electron chi connectivity index (χ2n) is 3.97. The van der Waals surface area contributed by atoms with Gasteiger partial charge >= 0.3 is 0 Å². The fraction of sp³-hybridized carbons (Fsp3) is 0.700. The van der Waals surface area contributed by atoms with Gasteiger partial charge in [0.25, 0.3) is 0 Å². The highest BCUT2D eigenvalue weighted by Crippen LogP contribution is 2.33. The van der Waals surface area contributed by atoms with E-state index >= 15 is 0 Å². The zero-order valence-corrected chi connectivity index (χ0v) is 7.85. The predicted octanol–water partition coefficient (Wildman–Crippen LogP) is 2.19. The van der Waals surface area contributed by atoms with Gasteiger partial charge < -0.3 is 5.32 Å². The van der Waals surface area contributed by atoms with Gasteiger partial charge in [0.1, 0.15) is 0 Å². The largest absolute Gasteiger partial charge is 0.323 e. The van der Waals surface area contributed by atoms with Crippen molar-refractivity contribution >= 4 is 0 Å². The van der Waals surface area contributed by atoms with Gasteiger partial charge in [-0.3, -0.25) is 0 Å². The molecule has 1 aliphatic carbocycles. The van der Waals surface area contributed by atoms with Gasteiger partial charge in [0.15, 0.2) is 6.19 Å². The highest BCUT2D eigenvalue weighted by atomic mass is 14.9. The molecule has 0 aromatic carbocycles. The fourth-order valence-electron chi connectivity index (χ4n) is 1.66. The molecule has 0 spiro atoms. The summed E-state index contributed by atoms with van der Waals surface area (Å²) in [5, 5.41) is 11.1. The van der Waals surface area contributed by atoms with Gasteiger partial charge in [-0.05, 0) is 19.3 Å². The lowest BCUT2D eigenvalue weighted by atomic mass is 9.84. The summed E-state index contributed by atoms with van der Waals surface area (Å²) in [5.41, 5.74) is 1.66. The number of hydrogen-bond donors (Lipinski definition) is 1. The highest BCUT2D eigenvalue weighted by Gasteiger charge is 2.24. The van der Waals surface area contributed by atoms with Crippen molar-refractivity contribution in [2.24, 2.45) is 5.41 Å². The maximum atomic E-state index is 8.39. The molecule has 0 unspecified atom stereocenters. The molecule has 0 aromatic rings. The molecule has 0 radical (unpaired) electrons. The summed E-state index contributed by atoms with van der Waals surface area (Å²) in [6.45, 7) is 5.14. The van der Waals surface area contributed by atoms with Gasteiger partial charge in [0, 0.05) is 12.0 Å². The minimum atomic E-state index is 0.159. The summed E-state index contributed by atoms with van der Waals surface area (Å²) in [6.07, 6.45) is 7.99. The Hall–Kier alpha value is -0.970. The molecule has 0 aromatic heterocycles. The lowest BCUT2D eigenvalue weighted by Crippen LogP contribution is -2.27. The molecule has 0 heterocycles. The molecule has 0 fully saturated rings.